The van der Waals surface area contributed by atoms with E-state index in [4.69, 9.17) is 0 Å². The molecule has 1 saturated carbocycles. The summed E-state index contributed by atoms with van der Waals surface area (Å²) in [6.45, 7) is 7.91. The van der Waals surface area contributed by atoms with E-state index in [1.807, 2.05) is 41.3 Å². The zero-order valence-corrected chi connectivity index (χ0v) is 16.8. The quantitative estimate of drug-likeness (QED) is 0.814. The molecule has 0 radical (unpaired) electrons. The molecule has 26 heavy (non-hydrogen) atoms. The Bertz CT molecular complexity index is 730. The normalized spacial score (nSPS) is 25.6. The van der Waals surface area contributed by atoms with Gasteiger partial charge in [-0.1, -0.05) is 26.3 Å². The first-order valence-corrected chi connectivity index (χ1v) is 11.2. The molecular weight excluding hydrogens is 348 g/mol. The van der Waals surface area contributed by atoms with E-state index in [0.29, 0.717) is 23.4 Å². The lowest BCUT2D eigenvalue weighted by Gasteiger charge is -2.45. The first-order valence-electron chi connectivity index (χ1n) is 9.67. The van der Waals surface area contributed by atoms with Crippen LogP contribution in [0.1, 0.15) is 57.6 Å². The third-order valence-corrected chi connectivity index (χ3v) is 8.50. The van der Waals surface area contributed by atoms with E-state index in [-0.39, 0.29) is 17.9 Å². The van der Waals surface area contributed by atoms with Crippen LogP contribution in [0.15, 0.2) is 23.1 Å². The molecule has 1 spiro atoms. The van der Waals surface area contributed by atoms with Crippen molar-refractivity contribution in [3.8, 4) is 0 Å². The summed E-state index contributed by atoms with van der Waals surface area (Å²) in [5, 5.41) is 0. The molecular formula is C20H30N2O3S. The van der Waals surface area contributed by atoms with E-state index >= 15 is 0 Å². The molecule has 4 rings (SSSR count). The SMILES string of the molecule is CC(C)C(=O)N1Cc2ccc(S(O)(O)N3CC4(CCC4)CC3C)cc2C1. The number of carbonyl (C=O) groups excluding carboxylic acids is 1. The molecule has 6 heteroatoms. The molecule has 1 aromatic carbocycles. The summed E-state index contributed by atoms with van der Waals surface area (Å²) in [6, 6.07) is 5.91. The molecule has 1 unspecified atom stereocenters. The number of carbonyl (C=O) groups is 1. The lowest BCUT2D eigenvalue weighted by Crippen LogP contribution is -2.35. The number of nitrogens with zero attached hydrogens (tertiary/aromatic N) is 2. The topological polar surface area (TPSA) is 64.0 Å². The van der Waals surface area contributed by atoms with E-state index < -0.39 is 10.8 Å². The Labute approximate surface area is 157 Å². The molecule has 144 valence electrons. The number of hydrogen-bond acceptors (Lipinski definition) is 4. The number of rotatable bonds is 3. The summed E-state index contributed by atoms with van der Waals surface area (Å²) in [4.78, 5) is 14.7. The zero-order valence-electron chi connectivity index (χ0n) is 15.9. The maximum atomic E-state index is 12.3. The van der Waals surface area contributed by atoms with Crippen LogP contribution in [-0.4, -0.2) is 36.8 Å². The van der Waals surface area contributed by atoms with E-state index in [9.17, 15) is 13.9 Å². The summed E-state index contributed by atoms with van der Waals surface area (Å²) in [5.74, 6) is 0.128. The Kier molecular flexibility index (Phi) is 4.38. The highest BCUT2D eigenvalue weighted by Crippen LogP contribution is 2.61. The van der Waals surface area contributed by atoms with Crippen LogP contribution in [0.25, 0.3) is 0 Å². The van der Waals surface area contributed by atoms with Crippen LogP contribution in [0.2, 0.25) is 0 Å². The monoisotopic (exact) mass is 378 g/mol. The van der Waals surface area contributed by atoms with Crippen LogP contribution < -0.4 is 0 Å². The molecule has 1 aromatic rings. The average Bonchev–Trinajstić information content (AvgIpc) is 3.14. The van der Waals surface area contributed by atoms with Gasteiger partial charge in [0.2, 0.25) is 5.91 Å². The summed E-state index contributed by atoms with van der Waals surface area (Å²) < 4.78 is 24.1. The predicted molar refractivity (Wildman–Crippen MR) is 104 cm³/mol. The van der Waals surface area contributed by atoms with Gasteiger partial charge in [-0.05, 0) is 54.9 Å². The fraction of sp³-hybridized carbons (Fsp3) is 0.650. The third-order valence-electron chi connectivity index (χ3n) is 6.47. The minimum Gasteiger partial charge on any atom is -0.334 e. The molecule has 0 bridgehead atoms. The molecule has 1 atom stereocenters. The Morgan fingerprint density at radius 1 is 1.23 bits per heavy atom. The fourth-order valence-corrected chi connectivity index (χ4v) is 6.71. The van der Waals surface area contributed by atoms with Gasteiger partial charge in [-0.3, -0.25) is 13.9 Å². The van der Waals surface area contributed by atoms with Crippen molar-refractivity contribution in [3.63, 3.8) is 0 Å². The van der Waals surface area contributed by atoms with Gasteiger partial charge in [-0.25, -0.2) is 0 Å². The third kappa shape index (κ3) is 2.87. The maximum Gasteiger partial charge on any atom is 0.225 e. The van der Waals surface area contributed by atoms with E-state index in [1.54, 1.807) is 0 Å². The summed E-state index contributed by atoms with van der Waals surface area (Å²) in [7, 11) is -2.98. The number of amides is 1. The summed E-state index contributed by atoms with van der Waals surface area (Å²) in [6.07, 6.45) is 4.74. The largest absolute Gasteiger partial charge is 0.334 e. The first kappa shape index (κ1) is 18.3. The zero-order chi connectivity index (χ0) is 18.7. The molecule has 1 aliphatic carbocycles. The van der Waals surface area contributed by atoms with Gasteiger partial charge < -0.3 is 4.90 Å². The van der Waals surface area contributed by atoms with Crippen molar-refractivity contribution in [2.75, 3.05) is 6.54 Å². The van der Waals surface area contributed by atoms with Crippen molar-refractivity contribution in [3.05, 3.63) is 29.3 Å². The first-order chi connectivity index (χ1) is 12.2. The van der Waals surface area contributed by atoms with Crippen molar-refractivity contribution in [1.82, 2.24) is 9.21 Å². The van der Waals surface area contributed by atoms with Gasteiger partial charge in [0, 0.05) is 31.6 Å². The smallest absolute Gasteiger partial charge is 0.225 e. The Hall–Kier alpha value is -1.08. The standard InChI is InChI=1S/C20H30N2O3S/c1-14(2)19(23)21-11-16-5-6-18(9-17(16)12-21)26(24,25)22-13-20(7-4-8-20)10-15(22)3/h5-6,9,14-15,24-25H,4,7-8,10-13H2,1-3H3. The van der Waals surface area contributed by atoms with Crippen molar-refractivity contribution >= 4 is 16.7 Å². The molecule has 1 saturated heterocycles. The molecule has 3 aliphatic rings. The number of benzene rings is 1. The second kappa shape index (κ2) is 6.23. The van der Waals surface area contributed by atoms with Gasteiger partial charge in [0.25, 0.3) is 0 Å². The Balaban J connectivity index is 1.56. The van der Waals surface area contributed by atoms with Crippen LogP contribution in [-0.2, 0) is 17.9 Å². The number of hydrogen-bond donors (Lipinski definition) is 2. The molecule has 0 aromatic heterocycles. The van der Waals surface area contributed by atoms with Gasteiger partial charge in [0.05, 0.1) is 4.90 Å². The summed E-state index contributed by atoms with van der Waals surface area (Å²) in [5.41, 5.74) is 2.46. The Morgan fingerprint density at radius 2 is 1.92 bits per heavy atom. The summed E-state index contributed by atoms with van der Waals surface area (Å²) >= 11 is 0. The lowest BCUT2D eigenvalue weighted by atomic mass is 9.68. The second-order valence-corrected chi connectivity index (χ2v) is 10.8. The van der Waals surface area contributed by atoms with Crippen molar-refractivity contribution in [2.45, 2.75) is 70.5 Å². The minimum absolute atomic E-state index is 0.0201. The van der Waals surface area contributed by atoms with Crippen LogP contribution in [0, 0.1) is 11.3 Å². The van der Waals surface area contributed by atoms with Gasteiger partial charge in [-0.15, -0.1) is 10.8 Å². The van der Waals surface area contributed by atoms with Crippen LogP contribution in [0.5, 0.6) is 0 Å². The highest BCUT2D eigenvalue weighted by Gasteiger charge is 2.50. The highest BCUT2D eigenvalue weighted by molar-refractivity contribution is 8.22. The predicted octanol–water partition coefficient (Wildman–Crippen LogP) is 4.47. The van der Waals surface area contributed by atoms with E-state index in [0.717, 1.165) is 24.1 Å². The molecule has 2 aliphatic heterocycles. The Morgan fingerprint density at radius 3 is 2.50 bits per heavy atom. The highest BCUT2D eigenvalue weighted by atomic mass is 32.3. The van der Waals surface area contributed by atoms with Crippen LogP contribution in [0.3, 0.4) is 0 Å². The van der Waals surface area contributed by atoms with Gasteiger partial charge in [-0.2, -0.15) is 4.31 Å². The van der Waals surface area contributed by atoms with Crippen molar-refractivity contribution in [1.29, 1.82) is 0 Å². The lowest BCUT2D eigenvalue weighted by molar-refractivity contribution is -0.135. The van der Waals surface area contributed by atoms with Gasteiger partial charge in [0.15, 0.2) is 0 Å². The number of fused-ring (bicyclic) bond motifs is 1. The molecule has 2 N–H and O–H groups in total. The molecule has 2 heterocycles. The van der Waals surface area contributed by atoms with E-state index in [2.05, 4.69) is 6.92 Å². The molecule has 5 nitrogen and oxygen atoms in total. The molecule has 1 amide bonds. The second-order valence-electron chi connectivity index (χ2n) is 8.78. The maximum absolute atomic E-state index is 12.3. The molecule has 2 fully saturated rings. The minimum atomic E-state index is -2.98. The van der Waals surface area contributed by atoms with Gasteiger partial charge >= 0.3 is 0 Å². The average molecular weight is 379 g/mol. The van der Waals surface area contributed by atoms with Crippen molar-refractivity contribution < 1.29 is 13.9 Å². The van der Waals surface area contributed by atoms with Crippen LogP contribution in [0.4, 0.5) is 0 Å². The van der Waals surface area contributed by atoms with E-state index in [1.165, 1.54) is 19.3 Å². The van der Waals surface area contributed by atoms with Crippen LogP contribution >= 0.6 is 10.8 Å². The fourth-order valence-electron chi connectivity index (χ4n) is 4.86. The van der Waals surface area contributed by atoms with Gasteiger partial charge in [0.1, 0.15) is 0 Å². The van der Waals surface area contributed by atoms with Crippen molar-refractivity contribution in [2.24, 2.45) is 11.3 Å².